The van der Waals surface area contributed by atoms with Gasteiger partial charge in [0.05, 0.1) is 17.6 Å². The summed E-state index contributed by atoms with van der Waals surface area (Å²) in [6.07, 6.45) is 5.52. The fraction of sp³-hybridized carbons (Fsp3) is 0.611. The highest BCUT2D eigenvalue weighted by atomic mass is 16.4. The first-order valence-corrected chi connectivity index (χ1v) is 8.03. The van der Waals surface area contributed by atoms with Gasteiger partial charge in [-0.1, -0.05) is 31.2 Å². The Morgan fingerprint density at radius 2 is 2.18 bits per heavy atom. The van der Waals surface area contributed by atoms with Gasteiger partial charge in [-0.3, -0.25) is 4.79 Å². The summed E-state index contributed by atoms with van der Waals surface area (Å²) in [6, 6.07) is 0. The Morgan fingerprint density at radius 1 is 1.45 bits per heavy atom. The molecule has 3 N–H and O–H groups in total. The summed E-state index contributed by atoms with van der Waals surface area (Å²) in [7, 11) is 0. The van der Waals surface area contributed by atoms with Crippen molar-refractivity contribution in [1.82, 2.24) is 0 Å². The first-order chi connectivity index (χ1) is 10.3. The van der Waals surface area contributed by atoms with Crippen LogP contribution in [0, 0.1) is 23.2 Å². The highest BCUT2D eigenvalue weighted by Gasteiger charge is 2.66. The van der Waals surface area contributed by atoms with E-state index in [-0.39, 0.29) is 11.8 Å². The van der Waals surface area contributed by atoms with Gasteiger partial charge in [0, 0.05) is 11.3 Å². The van der Waals surface area contributed by atoms with Crippen molar-refractivity contribution in [1.29, 1.82) is 0 Å². The fourth-order valence-corrected chi connectivity index (χ4v) is 5.66. The summed E-state index contributed by atoms with van der Waals surface area (Å²) in [5, 5.41) is 30.9. The average molecular weight is 302 g/mol. The van der Waals surface area contributed by atoms with E-state index in [1.807, 2.05) is 13.0 Å². The molecular formula is C18H22O4. The molecule has 4 rings (SSSR count). The van der Waals surface area contributed by atoms with Gasteiger partial charge in [0.15, 0.2) is 0 Å². The van der Waals surface area contributed by atoms with Crippen molar-refractivity contribution in [2.45, 2.75) is 44.3 Å². The van der Waals surface area contributed by atoms with Crippen LogP contribution < -0.4 is 0 Å². The summed E-state index contributed by atoms with van der Waals surface area (Å²) < 4.78 is 0. The maximum Gasteiger partial charge on any atom is 0.308 e. The molecule has 0 unspecified atom stereocenters. The lowest BCUT2D eigenvalue weighted by molar-refractivity contribution is -0.149. The van der Waals surface area contributed by atoms with Gasteiger partial charge in [-0.05, 0) is 42.7 Å². The maximum absolute atomic E-state index is 12.1. The molecule has 2 saturated carbocycles. The van der Waals surface area contributed by atoms with Crippen molar-refractivity contribution in [2.24, 2.45) is 23.2 Å². The Kier molecular flexibility index (Phi) is 2.66. The van der Waals surface area contributed by atoms with E-state index in [1.54, 1.807) is 6.08 Å². The van der Waals surface area contributed by atoms with E-state index >= 15 is 0 Å². The predicted octanol–water partition coefficient (Wildman–Crippen LogP) is 2.04. The molecule has 6 atom stereocenters. The monoisotopic (exact) mass is 302 g/mol. The lowest BCUT2D eigenvalue weighted by Crippen LogP contribution is -2.43. The van der Waals surface area contributed by atoms with Gasteiger partial charge < -0.3 is 15.3 Å². The summed E-state index contributed by atoms with van der Waals surface area (Å²) in [6.45, 7) is 5.97. The van der Waals surface area contributed by atoms with E-state index in [0.717, 1.165) is 17.6 Å². The number of rotatable bonds is 1. The molecule has 118 valence electrons. The lowest BCUT2D eigenvalue weighted by atomic mass is 9.63. The molecular weight excluding hydrogens is 280 g/mol. The van der Waals surface area contributed by atoms with Crippen LogP contribution in [0.5, 0.6) is 0 Å². The smallest absolute Gasteiger partial charge is 0.308 e. The molecule has 22 heavy (non-hydrogen) atoms. The van der Waals surface area contributed by atoms with Crippen molar-refractivity contribution in [3.8, 4) is 0 Å². The number of aliphatic carboxylic acids is 1. The van der Waals surface area contributed by atoms with Gasteiger partial charge in [-0.25, -0.2) is 0 Å². The largest absolute Gasteiger partial charge is 0.481 e. The van der Waals surface area contributed by atoms with Crippen LogP contribution in [0.2, 0.25) is 0 Å². The van der Waals surface area contributed by atoms with Crippen LogP contribution in [0.3, 0.4) is 0 Å². The minimum atomic E-state index is -0.906. The molecule has 0 saturated heterocycles. The minimum absolute atomic E-state index is 0.115. The highest BCUT2D eigenvalue weighted by molar-refractivity contribution is 5.76. The van der Waals surface area contributed by atoms with Crippen molar-refractivity contribution in [2.75, 3.05) is 0 Å². The highest BCUT2D eigenvalue weighted by Crippen LogP contribution is 2.69. The Morgan fingerprint density at radius 3 is 2.86 bits per heavy atom. The molecule has 0 amide bonds. The third-order valence-electron chi connectivity index (χ3n) is 6.69. The molecule has 1 spiro atoms. The zero-order valence-electron chi connectivity index (χ0n) is 12.7. The number of fused-ring (bicyclic) bond motifs is 2. The zero-order valence-corrected chi connectivity index (χ0v) is 12.7. The quantitative estimate of drug-likeness (QED) is 0.648. The normalized spacial score (nSPS) is 49.3. The molecule has 2 bridgehead atoms. The van der Waals surface area contributed by atoms with E-state index in [0.29, 0.717) is 19.3 Å². The summed E-state index contributed by atoms with van der Waals surface area (Å²) >= 11 is 0. The molecule has 0 heterocycles. The molecule has 4 aliphatic carbocycles. The van der Waals surface area contributed by atoms with Crippen molar-refractivity contribution >= 4 is 5.97 Å². The standard InChI is InChI=1S/C18H22O4/c1-9-7-17-8-18(9,22)6-5-12(17)11-3-4-13(19)10(2)14(11)15(17)16(20)21/h3-4,10,13-15,19,22H,1,5-8H2,2H3,(H,20,21)/t10-,13-,14+,15+,17-,18-/m0/s1. The van der Waals surface area contributed by atoms with Gasteiger partial charge in [-0.2, -0.15) is 0 Å². The van der Waals surface area contributed by atoms with Gasteiger partial charge in [0.2, 0.25) is 0 Å². The van der Waals surface area contributed by atoms with Crippen molar-refractivity contribution in [3.63, 3.8) is 0 Å². The summed E-state index contributed by atoms with van der Waals surface area (Å²) in [4.78, 5) is 12.1. The van der Waals surface area contributed by atoms with Crippen LogP contribution >= 0.6 is 0 Å². The first kappa shape index (κ1) is 14.2. The van der Waals surface area contributed by atoms with Gasteiger partial charge >= 0.3 is 5.97 Å². The van der Waals surface area contributed by atoms with Gasteiger partial charge in [-0.15, -0.1) is 0 Å². The number of hydrogen-bond donors (Lipinski definition) is 3. The van der Waals surface area contributed by atoms with Crippen molar-refractivity contribution in [3.05, 3.63) is 35.5 Å². The number of carboxylic acid groups (broad SMARTS) is 1. The fourth-order valence-electron chi connectivity index (χ4n) is 5.66. The van der Waals surface area contributed by atoms with Crippen LogP contribution in [0.4, 0.5) is 0 Å². The van der Waals surface area contributed by atoms with E-state index in [1.165, 1.54) is 5.57 Å². The molecule has 0 radical (unpaired) electrons. The van der Waals surface area contributed by atoms with Crippen molar-refractivity contribution < 1.29 is 20.1 Å². The van der Waals surface area contributed by atoms with Crippen LogP contribution in [0.1, 0.15) is 32.6 Å². The number of aliphatic hydroxyl groups excluding tert-OH is 1. The lowest BCUT2D eigenvalue weighted by Gasteiger charge is -2.40. The van der Waals surface area contributed by atoms with Crippen LogP contribution in [-0.4, -0.2) is 33.0 Å². The summed E-state index contributed by atoms with van der Waals surface area (Å²) in [5.41, 5.74) is 1.67. The summed E-state index contributed by atoms with van der Waals surface area (Å²) in [5.74, 6) is -1.67. The molecule has 0 aromatic rings. The molecule has 0 aromatic heterocycles. The Bertz CT molecular complexity index is 645. The van der Waals surface area contributed by atoms with Crippen LogP contribution in [0.25, 0.3) is 0 Å². The predicted molar refractivity (Wildman–Crippen MR) is 80.9 cm³/mol. The topological polar surface area (TPSA) is 77.8 Å². The number of carbonyl (C=O) groups is 1. The number of hydrogen-bond acceptors (Lipinski definition) is 3. The second kappa shape index (κ2) is 4.12. The van der Waals surface area contributed by atoms with Crippen LogP contribution in [-0.2, 0) is 4.79 Å². The second-order valence-electron chi connectivity index (χ2n) is 7.63. The van der Waals surface area contributed by atoms with E-state index in [9.17, 15) is 20.1 Å². The third-order valence-corrected chi connectivity index (χ3v) is 6.69. The number of carboxylic acids is 1. The molecule has 2 fully saturated rings. The molecule has 4 aliphatic rings. The average Bonchev–Trinajstić information content (AvgIpc) is 2.82. The first-order valence-electron chi connectivity index (χ1n) is 8.03. The van der Waals surface area contributed by atoms with E-state index in [4.69, 9.17) is 0 Å². The molecule has 0 aromatic carbocycles. The minimum Gasteiger partial charge on any atom is -0.481 e. The Labute approximate surface area is 129 Å². The SMILES string of the molecule is C=C1C[C@]23C[C@@]1(O)CCC2=C1C=C[C@H](O)[C@H](C)[C@H]1[C@@H]3C(=O)O. The molecule has 0 aliphatic heterocycles. The Hall–Kier alpha value is -1.39. The number of allylic oxidation sites excluding steroid dienone is 3. The Balaban J connectivity index is 1.92. The molecule has 4 nitrogen and oxygen atoms in total. The maximum atomic E-state index is 12.1. The third kappa shape index (κ3) is 1.47. The van der Waals surface area contributed by atoms with Gasteiger partial charge in [0.25, 0.3) is 0 Å². The molecule has 4 heteroatoms. The van der Waals surface area contributed by atoms with E-state index < -0.39 is 29.0 Å². The van der Waals surface area contributed by atoms with Crippen LogP contribution in [0.15, 0.2) is 35.5 Å². The van der Waals surface area contributed by atoms with E-state index in [2.05, 4.69) is 6.58 Å². The zero-order chi connectivity index (χ0) is 15.9. The van der Waals surface area contributed by atoms with Gasteiger partial charge in [0.1, 0.15) is 0 Å². The number of aliphatic hydroxyl groups is 2. The second-order valence-corrected chi connectivity index (χ2v) is 7.63.